The predicted octanol–water partition coefficient (Wildman–Crippen LogP) is 1.71. The van der Waals surface area contributed by atoms with Gasteiger partial charge in [-0.1, -0.05) is 30.3 Å². The number of ether oxygens (including phenoxy) is 1. The third kappa shape index (κ3) is 3.32. The predicted molar refractivity (Wildman–Crippen MR) is 83.9 cm³/mol. The summed E-state index contributed by atoms with van der Waals surface area (Å²) in [6.45, 7) is 2.57. The molecule has 0 spiro atoms. The molecule has 3 unspecified atom stereocenters. The number of alkyl carbamates (subject to hydrolysis) is 1. The highest BCUT2D eigenvalue weighted by Gasteiger charge is 2.53. The molecule has 23 heavy (non-hydrogen) atoms. The number of benzene rings is 1. The summed E-state index contributed by atoms with van der Waals surface area (Å²) in [5.41, 5.74) is 0.0147. The van der Waals surface area contributed by atoms with Gasteiger partial charge in [0.25, 0.3) is 0 Å². The Hall–Kier alpha value is -2.08. The van der Waals surface area contributed by atoms with E-state index in [9.17, 15) is 14.7 Å². The zero-order valence-electron chi connectivity index (χ0n) is 13.0. The van der Waals surface area contributed by atoms with E-state index in [0.29, 0.717) is 6.54 Å². The first kappa shape index (κ1) is 15.8. The number of hydrogen-bond acceptors (Lipinski definition) is 4. The van der Waals surface area contributed by atoms with Gasteiger partial charge in [-0.2, -0.15) is 0 Å². The van der Waals surface area contributed by atoms with Crippen molar-refractivity contribution in [3.63, 3.8) is 0 Å². The number of carboxylic acid groups (broad SMARTS) is 1. The van der Waals surface area contributed by atoms with E-state index >= 15 is 0 Å². The van der Waals surface area contributed by atoms with Crippen molar-refractivity contribution in [3.8, 4) is 0 Å². The molecule has 2 N–H and O–H groups in total. The van der Waals surface area contributed by atoms with Crippen LogP contribution < -0.4 is 5.32 Å². The Morgan fingerprint density at radius 3 is 2.83 bits per heavy atom. The Bertz CT molecular complexity index is 577. The molecule has 2 bridgehead atoms. The minimum absolute atomic E-state index is 0.100. The van der Waals surface area contributed by atoms with Crippen LogP contribution in [0.15, 0.2) is 30.3 Å². The largest absolute Gasteiger partial charge is 0.481 e. The number of nitrogens with one attached hydrogen (secondary N) is 1. The van der Waals surface area contributed by atoms with Crippen molar-refractivity contribution >= 4 is 12.1 Å². The fourth-order valence-corrected chi connectivity index (χ4v) is 3.70. The number of hydrogen-bond donors (Lipinski definition) is 2. The van der Waals surface area contributed by atoms with E-state index in [-0.39, 0.29) is 19.1 Å². The number of nitrogens with zero attached hydrogens (tertiary/aromatic N) is 1. The summed E-state index contributed by atoms with van der Waals surface area (Å²) < 4.78 is 5.17. The van der Waals surface area contributed by atoms with Crippen molar-refractivity contribution in [2.45, 2.75) is 19.4 Å². The molecule has 0 aromatic heterocycles. The molecule has 0 aliphatic carbocycles. The number of carbonyl (C=O) groups excluding carboxylic acids is 1. The van der Waals surface area contributed by atoms with E-state index in [1.807, 2.05) is 30.3 Å². The van der Waals surface area contributed by atoms with Gasteiger partial charge in [-0.3, -0.25) is 4.79 Å². The number of amides is 1. The molecule has 3 rings (SSSR count). The second kappa shape index (κ2) is 6.58. The maximum atomic E-state index is 11.9. The lowest BCUT2D eigenvalue weighted by atomic mass is 9.76. The highest BCUT2D eigenvalue weighted by molar-refractivity contribution is 5.77. The first-order valence-corrected chi connectivity index (χ1v) is 8.00. The highest BCUT2D eigenvalue weighted by atomic mass is 16.5. The van der Waals surface area contributed by atoms with Crippen molar-refractivity contribution in [2.24, 2.45) is 11.3 Å². The summed E-state index contributed by atoms with van der Waals surface area (Å²) in [4.78, 5) is 25.9. The first-order chi connectivity index (χ1) is 11.1. The molecular formula is C17H22N2O4. The summed E-state index contributed by atoms with van der Waals surface area (Å²) in [5, 5.41) is 12.4. The smallest absolute Gasteiger partial charge is 0.407 e. The molecule has 2 heterocycles. The van der Waals surface area contributed by atoms with Crippen molar-refractivity contribution in [1.82, 2.24) is 10.2 Å². The third-order valence-electron chi connectivity index (χ3n) is 4.98. The minimum Gasteiger partial charge on any atom is -0.481 e. The zero-order chi connectivity index (χ0) is 16.3. The van der Waals surface area contributed by atoms with E-state index in [0.717, 1.165) is 31.5 Å². The Labute approximate surface area is 135 Å². The Morgan fingerprint density at radius 2 is 2.13 bits per heavy atom. The summed E-state index contributed by atoms with van der Waals surface area (Å²) in [6.07, 6.45) is 1.37. The molecule has 1 aromatic rings. The van der Waals surface area contributed by atoms with Crippen LogP contribution in [0.2, 0.25) is 0 Å². The van der Waals surface area contributed by atoms with E-state index < -0.39 is 17.5 Å². The van der Waals surface area contributed by atoms with Gasteiger partial charge in [-0.05, 0) is 30.9 Å². The second-order valence-electron chi connectivity index (χ2n) is 6.45. The maximum Gasteiger partial charge on any atom is 0.407 e. The van der Waals surface area contributed by atoms with Gasteiger partial charge in [0.2, 0.25) is 0 Å². The minimum atomic E-state index is -0.887. The molecule has 0 saturated carbocycles. The number of carboxylic acids is 1. The van der Waals surface area contributed by atoms with Gasteiger partial charge in [0.15, 0.2) is 0 Å². The molecule has 3 atom stereocenters. The summed E-state index contributed by atoms with van der Waals surface area (Å²) in [5.74, 6) is -0.724. The van der Waals surface area contributed by atoms with Gasteiger partial charge in [0, 0.05) is 19.6 Å². The van der Waals surface area contributed by atoms with E-state index in [1.165, 1.54) is 0 Å². The fourth-order valence-electron chi connectivity index (χ4n) is 3.70. The third-order valence-corrected chi connectivity index (χ3v) is 4.98. The summed E-state index contributed by atoms with van der Waals surface area (Å²) in [7, 11) is 0. The van der Waals surface area contributed by atoms with Crippen LogP contribution in [0, 0.1) is 11.3 Å². The monoisotopic (exact) mass is 318 g/mol. The first-order valence-electron chi connectivity index (χ1n) is 8.00. The van der Waals surface area contributed by atoms with E-state index in [2.05, 4.69) is 10.2 Å². The standard InChI is InChI=1S/C17H22N2O4/c20-15(21)17(12-19-8-4-7-14(17)9-19)11-18-16(22)23-10-13-5-2-1-3-6-13/h1-3,5-6,14H,4,7-12H2,(H,18,22)(H,20,21). The second-order valence-corrected chi connectivity index (χ2v) is 6.45. The fraction of sp³-hybridized carbons (Fsp3) is 0.529. The lowest BCUT2D eigenvalue weighted by Crippen LogP contribution is -2.48. The van der Waals surface area contributed by atoms with Crippen LogP contribution in [0.5, 0.6) is 0 Å². The normalized spacial score (nSPS) is 29.0. The Kier molecular flexibility index (Phi) is 4.52. The molecule has 2 saturated heterocycles. The quantitative estimate of drug-likeness (QED) is 0.864. The van der Waals surface area contributed by atoms with Gasteiger partial charge in [-0.25, -0.2) is 4.79 Å². The van der Waals surface area contributed by atoms with Crippen LogP contribution in [0.1, 0.15) is 18.4 Å². The van der Waals surface area contributed by atoms with Crippen LogP contribution >= 0.6 is 0 Å². The lowest BCUT2D eigenvalue weighted by Gasteiger charge is -2.29. The van der Waals surface area contributed by atoms with Crippen molar-refractivity contribution in [1.29, 1.82) is 0 Å². The van der Waals surface area contributed by atoms with Crippen LogP contribution in [-0.2, 0) is 16.1 Å². The molecule has 0 radical (unpaired) electrons. The van der Waals surface area contributed by atoms with Crippen molar-refractivity contribution in [3.05, 3.63) is 35.9 Å². The molecular weight excluding hydrogens is 296 g/mol. The van der Waals surface area contributed by atoms with E-state index in [1.54, 1.807) is 0 Å². The van der Waals surface area contributed by atoms with Crippen LogP contribution in [0.4, 0.5) is 4.79 Å². The zero-order valence-corrected chi connectivity index (χ0v) is 13.0. The summed E-state index contributed by atoms with van der Waals surface area (Å²) in [6, 6.07) is 9.40. The number of carbonyl (C=O) groups is 2. The molecule has 2 aliphatic heterocycles. The van der Waals surface area contributed by atoms with E-state index in [4.69, 9.17) is 4.74 Å². The summed E-state index contributed by atoms with van der Waals surface area (Å²) >= 11 is 0. The number of fused-ring (bicyclic) bond motifs is 2. The molecule has 6 heteroatoms. The number of piperidine rings is 1. The molecule has 1 amide bonds. The van der Waals surface area contributed by atoms with Gasteiger partial charge in [-0.15, -0.1) is 0 Å². The van der Waals surface area contributed by atoms with Crippen molar-refractivity contribution < 1.29 is 19.4 Å². The van der Waals surface area contributed by atoms with Gasteiger partial charge in [0.1, 0.15) is 12.0 Å². The molecule has 1 aromatic carbocycles. The molecule has 124 valence electrons. The van der Waals surface area contributed by atoms with Crippen molar-refractivity contribution in [2.75, 3.05) is 26.2 Å². The van der Waals surface area contributed by atoms with Crippen LogP contribution in [0.3, 0.4) is 0 Å². The molecule has 2 aliphatic rings. The van der Waals surface area contributed by atoms with Gasteiger partial charge < -0.3 is 20.1 Å². The van der Waals surface area contributed by atoms with Gasteiger partial charge in [0.05, 0.1) is 0 Å². The Balaban J connectivity index is 1.55. The number of rotatable bonds is 5. The van der Waals surface area contributed by atoms with Gasteiger partial charge >= 0.3 is 12.1 Å². The maximum absolute atomic E-state index is 11.9. The Morgan fingerprint density at radius 1 is 1.35 bits per heavy atom. The number of aliphatic carboxylic acids is 1. The highest BCUT2D eigenvalue weighted by Crippen LogP contribution is 2.41. The molecule has 6 nitrogen and oxygen atoms in total. The topological polar surface area (TPSA) is 78.9 Å². The van der Waals surface area contributed by atoms with Crippen LogP contribution in [-0.4, -0.2) is 48.2 Å². The van der Waals surface area contributed by atoms with Crippen LogP contribution in [0.25, 0.3) is 0 Å². The molecule has 2 fully saturated rings. The SMILES string of the molecule is O=C(NCC1(C(=O)O)CN2CCCC1C2)OCc1ccccc1. The average Bonchev–Trinajstić information content (AvgIpc) is 2.82. The lowest BCUT2D eigenvalue weighted by molar-refractivity contribution is -0.150. The average molecular weight is 318 g/mol.